The summed E-state index contributed by atoms with van der Waals surface area (Å²) < 4.78 is 16.6. The van der Waals surface area contributed by atoms with Gasteiger partial charge >= 0.3 is 0 Å². The lowest BCUT2D eigenvalue weighted by Gasteiger charge is -2.15. The van der Waals surface area contributed by atoms with Crippen LogP contribution in [-0.4, -0.2) is 50.8 Å². The lowest BCUT2D eigenvalue weighted by atomic mass is 10.0. The van der Waals surface area contributed by atoms with Crippen molar-refractivity contribution in [3.05, 3.63) is 53.6 Å². The first kappa shape index (κ1) is 22.9. The van der Waals surface area contributed by atoms with Crippen molar-refractivity contribution in [1.82, 2.24) is 50.3 Å². The summed E-state index contributed by atoms with van der Waals surface area (Å²) in [6.45, 7) is 7.60. The van der Waals surface area contributed by atoms with Crippen LogP contribution in [0.3, 0.4) is 0 Å². The zero-order valence-corrected chi connectivity index (χ0v) is 19.4. The number of amides is 1. The Bertz CT molecular complexity index is 1340. The Morgan fingerprint density at radius 3 is 2.68 bits per heavy atom. The van der Waals surface area contributed by atoms with Gasteiger partial charge in [0.05, 0.1) is 23.0 Å². The molecule has 176 valence electrons. The van der Waals surface area contributed by atoms with Crippen LogP contribution in [0.15, 0.2) is 30.9 Å². The second-order valence-electron chi connectivity index (χ2n) is 8.67. The predicted octanol–water partition coefficient (Wildman–Crippen LogP) is 2.13. The molecule has 4 aromatic rings. The van der Waals surface area contributed by atoms with Crippen LogP contribution in [0.2, 0.25) is 0 Å². The Morgan fingerprint density at radius 1 is 1.21 bits per heavy atom. The summed E-state index contributed by atoms with van der Waals surface area (Å²) in [7, 11) is 1.79. The van der Waals surface area contributed by atoms with Crippen molar-refractivity contribution < 1.29 is 9.18 Å². The fraction of sp³-hybridized carbons (Fsp3) is 0.333. The normalized spacial score (nSPS) is 11.5. The van der Waals surface area contributed by atoms with E-state index < -0.39 is 17.3 Å². The van der Waals surface area contributed by atoms with E-state index in [0.717, 1.165) is 5.56 Å². The standard InChI is InChI=1S/C21H24FN11O/c1-12-6-15(17-24-11-25-20(28-17)27-14-9-26-32(5)10-14)16(22)7-13(12)8-23-19(34)18-29-31-33(30-18)21(2,3)4/h6-7,9-11H,8H2,1-5H3,(H,23,34)(H,24,25,27,28). The number of halogens is 1. The van der Waals surface area contributed by atoms with Crippen LogP contribution in [0.1, 0.15) is 42.5 Å². The number of aromatic nitrogens is 9. The van der Waals surface area contributed by atoms with Crippen LogP contribution in [0.4, 0.5) is 16.0 Å². The molecule has 3 heterocycles. The van der Waals surface area contributed by atoms with Crippen molar-refractivity contribution >= 4 is 17.5 Å². The molecule has 34 heavy (non-hydrogen) atoms. The summed E-state index contributed by atoms with van der Waals surface area (Å²) in [4.78, 5) is 26.3. The van der Waals surface area contributed by atoms with E-state index in [0.29, 0.717) is 11.3 Å². The zero-order chi connectivity index (χ0) is 24.5. The number of hydrogen-bond donors (Lipinski definition) is 2. The first-order valence-corrected chi connectivity index (χ1v) is 10.4. The molecule has 0 radical (unpaired) electrons. The third kappa shape index (κ3) is 5.03. The highest BCUT2D eigenvalue weighted by molar-refractivity contribution is 5.90. The molecule has 0 spiro atoms. The van der Waals surface area contributed by atoms with Crippen LogP contribution >= 0.6 is 0 Å². The van der Waals surface area contributed by atoms with Gasteiger partial charge in [-0.15, -0.1) is 10.2 Å². The smallest absolute Gasteiger partial charge is 0.293 e. The van der Waals surface area contributed by atoms with Crippen LogP contribution < -0.4 is 10.6 Å². The highest BCUT2D eigenvalue weighted by Crippen LogP contribution is 2.24. The van der Waals surface area contributed by atoms with Gasteiger partial charge in [0, 0.05) is 19.8 Å². The number of rotatable bonds is 6. The number of carbonyl (C=O) groups is 1. The average Bonchev–Trinajstić information content (AvgIpc) is 3.43. The Morgan fingerprint density at radius 2 is 2.00 bits per heavy atom. The molecule has 0 unspecified atom stereocenters. The number of hydrogen-bond acceptors (Lipinski definition) is 9. The number of tetrazole rings is 1. The largest absolute Gasteiger partial charge is 0.345 e. The molecule has 2 N–H and O–H groups in total. The molecule has 0 bridgehead atoms. The van der Waals surface area contributed by atoms with Crippen molar-refractivity contribution in [3.8, 4) is 11.4 Å². The summed E-state index contributed by atoms with van der Waals surface area (Å²) in [5.74, 6) is -0.626. The summed E-state index contributed by atoms with van der Waals surface area (Å²) in [5, 5.41) is 21.6. The number of benzene rings is 1. The predicted molar refractivity (Wildman–Crippen MR) is 120 cm³/mol. The molecule has 1 amide bonds. The highest BCUT2D eigenvalue weighted by atomic mass is 19.1. The molecule has 3 aromatic heterocycles. The van der Waals surface area contributed by atoms with Crippen molar-refractivity contribution in [2.75, 3.05) is 5.32 Å². The zero-order valence-electron chi connectivity index (χ0n) is 19.4. The van der Waals surface area contributed by atoms with Gasteiger partial charge in [-0.25, -0.2) is 14.4 Å². The molecule has 13 heteroatoms. The van der Waals surface area contributed by atoms with Crippen molar-refractivity contribution in [2.45, 2.75) is 39.8 Å². The minimum atomic E-state index is -0.523. The molecule has 1 aromatic carbocycles. The molecule has 0 aliphatic carbocycles. The summed E-state index contributed by atoms with van der Waals surface area (Å²) >= 11 is 0. The van der Waals surface area contributed by atoms with Crippen LogP contribution in [0, 0.1) is 12.7 Å². The van der Waals surface area contributed by atoms with Gasteiger partial charge in [0.15, 0.2) is 5.82 Å². The number of carbonyl (C=O) groups excluding carboxylic acids is 1. The fourth-order valence-electron chi connectivity index (χ4n) is 3.03. The number of anilines is 2. The second-order valence-corrected chi connectivity index (χ2v) is 8.67. The van der Waals surface area contributed by atoms with E-state index in [9.17, 15) is 9.18 Å². The Kier molecular flexibility index (Phi) is 6.01. The van der Waals surface area contributed by atoms with E-state index in [1.165, 1.54) is 17.2 Å². The number of aryl methyl sites for hydroxylation is 2. The van der Waals surface area contributed by atoms with E-state index in [4.69, 9.17) is 0 Å². The summed E-state index contributed by atoms with van der Waals surface area (Å²) in [5.41, 5.74) is 1.87. The van der Waals surface area contributed by atoms with Gasteiger partial charge in [-0.05, 0) is 56.2 Å². The van der Waals surface area contributed by atoms with Gasteiger partial charge in [-0.3, -0.25) is 9.48 Å². The number of nitrogens with one attached hydrogen (secondary N) is 2. The topological polar surface area (TPSA) is 141 Å². The van der Waals surface area contributed by atoms with E-state index in [1.54, 1.807) is 30.2 Å². The Balaban J connectivity index is 1.48. The molecule has 4 rings (SSSR count). The highest BCUT2D eigenvalue weighted by Gasteiger charge is 2.20. The summed E-state index contributed by atoms with van der Waals surface area (Å²) in [6, 6.07) is 2.98. The molecule has 12 nitrogen and oxygen atoms in total. The Labute approximate surface area is 194 Å². The molecule has 0 atom stereocenters. The molecule has 0 aliphatic rings. The van der Waals surface area contributed by atoms with Gasteiger partial charge < -0.3 is 10.6 Å². The first-order chi connectivity index (χ1) is 16.1. The van der Waals surface area contributed by atoms with Crippen LogP contribution in [0.5, 0.6) is 0 Å². The van der Waals surface area contributed by atoms with E-state index in [2.05, 4.69) is 46.1 Å². The van der Waals surface area contributed by atoms with Crippen LogP contribution in [0.25, 0.3) is 11.4 Å². The minimum Gasteiger partial charge on any atom is -0.345 e. The molecular formula is C21H24FN11O. The van der Waals surface area contributed by atoms with Gasteiger partial charge in [0.2, 0.25) is 5.95 Å². The third-order valence-electron chi connectivity index (χ3n) is 4.86. The van der Waals surface area contributed by atoms with E-state index in [-0.39, 0.29) is 29.7 Å². The second kappa shape index (κ2) is 8.92. The maximum Gasteiger partial charge on any atom is 0.293 e. The monoisotopic (exact) mass is 465 g/mol. The van der Waals surface area contributed by atoms with Gasteiger partial charge in [-0.1, -0.05) is 0 Å². The maximum atomic E-state index is 15.0. The van der Waals surface area contributed by atoms with Crippen molar-refractivity contribution in [2.24, 2.45) is 7.05 Å². The SMILES string of the molecule is Cc1cc(-c2ncnc(Nc3cnn(C)c3)n2)c(F)cc1CNC(=O)c1nnn(C(C)(C)C)n1. The Hall–Kier alpha value is -4.29. The average molecular weight is 465 g/mol. The lowest BCUT2D eigenvalue weighted by Crippen LogP contribution is -2.27. The maximum absolute atomic E-state index is 15.0. The molecule has 0 saturated carbocycles. The van der Waals surface area contributed by atoms with Crippen molar-refractivity contribution in [1.29, 1.82) is 0 Å². The van der Waals surface area contributed by atoms with E-state index >= 15 is 0 Å². The summed E-state index contributed by atoms with van der Waals surface area (Å²) in [6.07, 6.45) is 4.69. The molecular weight excluding hydrogens is 441 g/mol. The van der Waals surface area contributed by atoms with Gasteiger partial charge in [0.25, 0.3) is 11.7 Å². The quantitative estimate of drug-likeness (QED) is 0.438. The number of nitrogens with zero attached hydrogens (tertiary/aromatic N) is 9. The molecule has 0 fully saturated rings. The first-order valence-electron chi connectivity index (χ1n) is 10.4. The molecule has 0 aliphatic heterocycles. The molecule has 0 saturated heterocycles. The van der Waals surface area contributed by atoms with Crippen molar-refractivity contribution in [3.63, 3.8) is 0 Å². The fourth-order valence-corrected chi connectivity index (χ4v) is 3.03. The van der Waals surface area contributed by atoms with Gasteiger partial charge in [0.1, 0.15) is 12.1 Å². The third-order valence-corrected chi connectivity index (χ3v) is 4.86. The van der Waals surface area contributed by atoms with Gasteiger partial charge in [-0.2, -0.15) is 14.9 Å². The van der Waals surface area contributed by atoms with Crippen LogP contribution in [-0.2, 0) is 19.1 Å². The lowest BCUT2D eigenvalue weighted by molar-refractivity contribution is 0.0939. The van der Waals surface area contributed by atoms with E-state index in [1.807, 2.05) is 27.7 Å². The minimum absolute atomic E-state index is 0.0523.